The molecule has 15 heteroatoms. The van der Waals surface area contributed by atoms with E-state index >= 15 is 0 Å². The molecule has 4 aromatic carbocycles. The van der Waals surface area contributed by atoms with Crippen molar-refractivity contribution >= 4 is 58.2 Å². The van der Waals surface area contributed by atoms with E-state index in [0.717, 1.165) is 18.2 Å². The molecule has 0 heterocycles. The van der Waals surface area contributed by atoms with Crippen LogP contribution in [-0.4, -0.2) is 34.4 Å². The summed E-state index contributed by atoms with van der Waals surface area (Å²) in [4.78, 5) is -1.48. The zero-order valence-electron chi connectivity index (χ0n) is 18.5. The highest BCUT2D eigenvalue weighted by atomic mass is 32.2. The van der Waals surface area contributed by atoms with Crippen LogP contribution < -0.4 is 9.92 Å². The largest absolute Gasteiger partial charge is 0.398 e. The Kier molecular flexibility index (Phi) is 6.74. The molecule has 4 rings (SSSR count). The summed E-state index contributed by atoms with van der Waals surface area (Å²) >= 11 is 0. The van der Waals surface area contributed by atoms with Gasteiger partial charge in [0.25, 0.3) is 20.2 Å². The zero-order chi connectivity index (χ0) is 27.0. The fourth-order valence-corrected chi connectivity index (χ4v) is 5.45. The first kappa shape index (κ1) is 26.2. The average molecular weight is 564 g/mol. The molecule has 4 N–H and O–H groups in total. The van der Waals surface area contributed by atoms with Crippen LogP contribution in [0.3, 0.4) is 0 Å². The van der Waals surface area contributed by atoms with Crippen LogP contribution in [0.1, 0.15) is 0 Å². The number of nitrogens with zero attached hydrogens (tertiary/aromatic N) is 2. The molecule has 0 aromatic heterocycles. The van der Waals surface area contributed by atoms with Gasteiger partial charge in [0.15, 0.2) is 5.75 Å². The predicted octanol–water partition coefficient (Wildman–Crippen LogP) is 4.10. The molecule has 0 aliphatic heterocycles. The van der Waals surface area contributed by atoms with Crippen molar-refractivity contribution in [2.75, 3.05) is 5.73 Å². The van der Waals surface area contributed by atoms with E-state index in [1.807, 2.05) is 0 Å². The van der Waals surface area contributed by atoms with Crippen LogP contribution in [0.2, 0.25) is 0 Å². The van der Waals surface area contributed by atoms with E-state index in [9.17, 15) is 34.4 Å². The summed E-state index contributed by atoms with van der Waals surface area (Å²) in [6.45, 7) is 0. The lowest BCUT2D eigenvalue weighted by atomic mass is 10.1. The van der Waals surface area contributed by atoms with Crippen LogP contribution in [0.15, 0.2) is 104 Å². The summed E-state index contributed by atoms with van der Waals surface area (Å²) in [7, 11) is -14.0. The molecule has 0 fully saturated rings. The second-order valence-corrected chi connectivity index (χ2v) is 11.8. The first-order chi connectivity index (χ1) is 17.3. The van der Waals surface area contributed by atoms with E-state index < -0.39 is 45.9 Å². The van der Waals surface area contributed by atoms with Crippen molar-refractivity contribution in [3.8, 4) is 5.75 Å². The number of fused-ring (bicyclic) bond motifs is 1. The molecule has 192 valence electrons. The summed E-state index contributed by atoms with van der Waals surface area (Å²) in [5, 5.41) is 7.65. The van der Waals surface area contributed by atoms with Crippen LogP contribution in [0.5, 0.6) is 5.75 Å². The number of hydrogen-bond acceptors (Lipinski definition) is 10. The number of azo groups is 1. The van der Waals surface area contributed by atoms with Gasteiger partial charge in [-0.2, -0.15) is 25.3 Å². The Morgan fingerprint density at radius 2 is 1.30 bits per heavy atom. The van der Waals surface area contributed by atoms with E-state index in [0.29, 0.717) is 0 Å². The second-order valence-electron chi connectivity index (χ2n) is 7.49. The summed E-state index contributed by atoms with van der Waals surface area (Å²) in [6.07, 6.45) is 0. The third-order valence-electron chi connectivity index (χ3n) is 5.00. The highest BCUT2D eigenvalue weighted by molar-refractivity contribution is 7.87. The lowest BCUT2D eigenvalue weighted by Gasteiger charge is -2.14. The number of nitrogen functional groups attached to an aromatic ring is 1. The lowest BCUT2D eigenvalue weighted by molar-refractivity contribution is 0.477. The van der Waals surface area contributed by atoms with E-state index in [-0.39, 0.29) is 32.7 Å². The molecule has 0 saturated carbocycles. The van der Waals surface area contributed by atoms with Crippen LogP contribution >= 0.6 is 0 Å². The standard InChI is InChI=1S/C22H17N3O9S3/c23-17-10-11-18(24-25-19-8-4-5-9-21(19)36(29,30)31)16-12-15(35(26,27)28)13-20(22(16)17)34-37(32,33)14-6-2-1-3-7-14/h1-13H,23H2,(H,26,27,28)(H,29,30,31). The van der Waals surface area contributed by atoms with Crippen molar-refractivity contribution in [1.29, 1.82) is 0 Å². The topological polar surface area (TPSA) is 203 Å². The van der Waals surface area contributed by atoms with Gasteiger partial charge in [-0.05, 0) is 42.5 Å². The highest BCUT2D eigenvalue weighted by Gasteiger charge is 2.23. The van der Waals surface area contributed by atoms with Crippen molar-refractivity contribution in [2.45, 2.75) is 14.7 Å². The number of hydrogen-bond donors (Lipinski definition) is 3. The Bertz CT molecular complexity index is 1870. The van der Waals surface area contributed by atoms with Crippen molar-refractivity contribution in [3.63, 3.8) is 0 Å². The molecule has 12 nitrogen and oxygen atoms in total. The molecule has 0 amide bonds. The smallest absolute Gasteiger partial charge is 0.339 e. The van der Waals surface area contributed by atoms with Gasteiger partial charge in [-0.1, -0.05) is 30.3 Å². The molecule has 0 radical (unpaired) electrons. The molecule has 4 aromatic rings. The molecular formula is C22H17N3O9S3. The quantitative estimate of drug-likeness (QED) is 0.127. The van der Waals surface area contributed by atoms with E-state index in [1.165, 1.54) is 54.6 Å². The van der Waals surface area contributed by atoms with Gasteiger partial charge in [0.1, 0.15) is 15.5 Å². The maximum atomic E-state index is 12.8. The van der Waals surface area contributed by atoms with Crippen molar-refractivity contribution < 1.29 is 38.5 Å². The van der Waals surface area contributed by atoms with Crippen molar-refractivity contribution in [3.05, 3.63) is 78.9 Å². The number of anilines is 1. The number of rotatable bonds is 7. The monoisotopic (exact) mass is 563 g/mol. The minimum Gasteiger partial charge on any atom is -0.398 e. The number of benzene rings is 4. The van der Waals surface area contributed by atoms with Gasteiger partial charge >= 0.3 is 10.1 Å². The van der Waals surface area contributed by atoms with Gasteiger partial charge in [-0.15, -0.1) is 10.2 Å². The molecule has 0 bridgehead atoms. The summed E-state index contributed by atoms with van der Waals surface area (Å²) < 4.78 is 97.2. The van der Waals surface area contributed by atoms with Gasteiger partial charge in [0, 0.05) is 17.1 Å². The average Bonchev–Trinajstić information content (AvgIpc) is 2.83. The predicted molar refractivity (Wildman–Crippen MR) is 133 cm³/mol. The highest BCUT2D eigenvalue weighted by Crippen LogP contribution is 2.41. The maximum Gasteiger partial charge on any atom is 0.339 e. The molecule has 0 saturated heterocycles. The zero-order valence-corrected chi connectivity index (χ0v) is 20.9. The van der Waals surface area contributed by atoms with Crippen LogP contribution in [-0.2, 0) is 30.4 Å². The van der Waals surface area contributed by atoms with Gasteiger partial charge in [0.2, 0.25) is 0 Å². The van der Waals surface area contributed by atoms with Gasteiger partial charge < -0.3 is 9.92 Å². The molecule has 37 heavy (non-hydrogen) atoms. The molecule has 0 aliphatic carbocycles. The first-order valence-corrected chi connectivity index (χ1v) is 14.4. The second kappa shape index (κ2) is 9.53. The molecular weight excluding hydrogens is 546 g/mol. The fourth-order valence-electron chi connectivity index (χ4n) is 3.35. The Hall–Kier alpha value is -3.89. The lowest BCUT2D eigenvalue weighted by Crippen LogP contribution is -2.11. The molecule has 0 aliphatic rings. The van der Waals surface area contributed by atoms with Gasteiger partial charge in [0.05, 0.1) is 16.0 Å². The van der Waals surface area contributed by atoms with Crippen LogP contribution in [0.4, 0.5) is 17.1 Å². The fraction of sp³-hybridized carbons (Fsp3) is 0. The van der Waals surface area contributed by atoms with Crippen molar-refractivity contribution in [1.82, 2.24) is 0 Å². The SMILES string of the molecule is Nc1ccc(N=Nc2ccccc2S(=O)(=O)O)c2cc(S(=O)(=O)O)cc(OS(=O)(=O)c3ccccc3)c12. The summed E-state index contributed by atoms with van der Waals surface area (Å²) in [5.74, 6) is -0.512. The van der Waals surface area contributed by atoms with E-state index in [1.54, 1.807) is 6.07 Å². The van der Waals surface area contributed by atoms with Crippen molar-refractivity contribution in [2.24, 2.45) is 10.2 Å². The minimum atomic E-state index is -4.86. The Morgan fingerprint density at radius 3 is 1.95 bits per heavy atom. The van der Waals surface area contributed by atoms with E-state index in [2.05, 4.69) is 10.2 Å². The van der Waals surface area contributed by atoms with Crippen LogP contribution in [0, 0.1) is 0 Å². The normalized spacial score (nSPS) is 12.7. The Morgan fingerprint density at radius 1 is 0.676 bits per heavy atom. The maximum absolute atomic E-state index is 12.8. The Labute approximate surface area is 211 Å². The molecule has 0 atom stereocenters. The number of nitrogens with two attached hydrogens (primary N) is 1. The first-order valence-electron chi connectivity index (χ1n) is 10.1. The molecule has 0 spiro atoms. The van der Waals surface area contributed by atoms with Crippen LogP contribution in [0.25, 0.3) is 10.8 Å². The Balaban J connectivity index is 1.95. The molecule has 0 unspecified atom stereocenters. The summed E-state index contributed by atoms with van der Waals surface area (Å²) in [6, 6.07) is 16.6. The third kappa shape index (κ3) is 5.60. The van der Waals surface area contributed by atoms with Gasteiger partial charge in [-0.25, -0.2) is 0 Å². The van der Waals surface area contributed by atoms with E-state index in [4.69, 9.17) is 9.92 Å². The third-order valence-corrected chi connectivity index (χ3v) is 7.98. The summed E-state index contributed by atoms with van der Waals surface area (Å²) in [5.41, 5.74) is 5.72. The minimum absolute atomic E-state index is 0.0209. The van der Waals surface area contributed by atoms with Gasteiger partial charge in [-0.3, -0.25) is 9.11 Å².